The maximum atomic E-state index is 11.7. The molecule has 124 valence electrons. The Morgan fingerprint density at radius 1 is 1.29 bits per heavy atom. The molecule has 0 saturated heterocycles. The van der Waals surface area contributed by atoms with Crippen molar-refractivity contribution in [1.82, 2.24) is 5.43 Å². The summed E-state index contributed by atoms with van der Waals surface area (Å²) in [5.74, 6) is -0.0536. The Bertz CT molecular complexity index is 745. The van der Waals surface area contributed by atoms with E-state index in [0.717, 1.165) is 5.56 Å². The van der Waals surface area contributed by atoms with E-state index in [9.17, 15) is 14.9 Å². The van der Waals surface area contributed by atoms with Gasteiger partial charge in [0.15, 0.2) is 5.75 Å². The van der Waals surface area contributed by atoms with Gasteiger partial charge in [0.05, 0.1) is 18.2 Å². The van der Waals surface area contributed by atoms with Crippen molar-refractivity contribution in [1.29, 1.82) is 0 Å². The molecule has 0 radical (unpaired) electrons. The Morgan fingerprint density at radius 2 is 2.04 bits per heavy atom. The molecule has 1 N–H and O–H groups in total. The van der Waals surface area contributed by atoms with Crippen LogP contribution in [0.15, 0.2) is 53.6 Å². The molecule has 7 nitrogen and oxygen atoms in total. The van der Waals surface area contributed by atoms with E-state index in [-0.39, 0.29) is 17.3 Å². The largest absolute Gasteiger partial charge is 0.490 e. The van der Waals surface area contributed by atoms with Crippen molar-refractivity contribution in [2.75, 3.05) is 7.11 Å². The topological polar surface area (TPSA) is 93.8 Å². The number of nitrogens with one attached hydrogen (secondary N) is 1. The molecule has 0 spiro atoms. The van der Waals surface area contributed by atoms with Crippen LogP contribution in [0.4, 0.5) is 5.69 Å². The van der Waals surface area contributed by atoms with E-state index in [1.165, 1.54) is 25.5 Å². The minimum absolute atomic E-state index is 0.156. The van der Waals surface area contributed by atoms with Crippen LogP contribution in [-0.4, -0.2) is 24.2 Å². The van der Waals surface area contributed by atoms with Gasteiger partial charge in [-0.1, -0.05) is 30.3 Å². The summed E-state index contributed by atoms with van der Waals surface area (Å²) in [6, 6.07) is 14.1. The maximum Gasteiger partial charge on any atom is 0.311 e. The van der Waals surface area contributed by atoms with E-state index < -0.39 is 4.92 Å². The normalized spacial score (nSPS) is 10.5. The second-order valence-corrected chi connectivity index (χ2v) is 4.97. The number of rotatable bonds is 7. The van der Waals surface area contributed by atoms with Crippen LogP contribution in [0.3, 0.4) is 0 Å². The summed E-state index contributed by atoms with van der Waals surface area (Å²) < 4.78 is 4.92. The summed E-state index contributed by atoms with van der Waals surface area (Å²) >= 11 is 0. The lowest BCUT2D eigenvalue weighted by molar-refractivity contribution is -0.385. The van der Waals surface area contributed by atoms with Crippen LogP contribution in [0.1, 0.15) is 17.5 Å². The second kappa shape index (κ2) is 8.42. The number of nitrogens with zero attached hydrogens (tertiary/aromatic N) is 2. The highest BCUT2D eigenvalue weighted by Gasteiger charge is 2.14. The molecule has 24 heavy (non-hydrogen) atoms. The molecule has 0 aliphatic carbocycles. The standard InChI is InChI=1S/C17H17N3O4/c1-24-16-9-7-14(11-15(16)20(22)23)12-18-19-17(21)10-8-13-5-3-2-4-6-13/h2-7,9,11-12H,8,10H2,1H3,(H,19,21)/b18-12-. The first-order valence-electron chi connectivity index (χ1n) is 7.28. The zero-order valence-electron chi connectivity index (χ0n) is 13.1. The van der Waals surface area contributed by atoms with E-state index >= 15 is 0 Å². The van der Waals surface area contributed by atoms with Gasteiger partial charge in [0.25, 0.3) is 0 Å². The number of carbonyl (C=O) groups is 1. The van der Waals surface area contributed by atoms with Gasteiger partial charge in [0, 0.05) is 18.1 Å². The fourth-order valence-corrected chi connectivity index (χ4v) is 2.07. The number of ether oxygens (including phenoxy) is 1. The Kier molecular flexibility index (Phi) is 6.01. The van der Waals surface area contributed by atoms with E-state index in [2.05, 4.69) is 10.5 Å². The molecular weight excluding hydrogens is 310 g/mol. The Balaban J connectivity index is 1.90. The molecule has 2 aromatic carbocycles. The number of nitro benzene ring substituents is 1. The van der Waals surface area contributed by atoms with Crippen molar-refractivity contribution in [2.45, 2.75) is 12.8 Å². The van der Waals surface area contributed by atoms with Crippen molar-refractivity contribution in [2.24, 2.45) is 5.10 Å². The summed E-state index contributed by atoms with van der Waals surface area (Å²) in [7, 11) is 1.36. The van der Waals surface area contributed by atoms with Crippen molar-refractivity contribution in [3.05, 3.63) is 69.8 Å². The van der Waals surface area contributed by atoms with Gasteiger partial charge in [-0.15, -0.1) is 0 Å². The highest BCUT2D eigenvalue weighted by atomic mass is 16.6. The average molecular weight is 327 g/mol. The Morgan fingerprint density at radius 3 is 2.71 bits per heavy atom. The molecule has 2 aromatic rings. The highest BCUT2D eigenvalue weighted by molar-refractivity contribution is 5.83. The molecule has 0 fully saturated rings. The molecule has 0 bridgehead atoms. The van der Waals surface area contributed by atoms with Gasteiger partial charge in [-0.2, -0.15) is 5.10 Å². The van der Waals surface area contributed by atoms with Gasteiger partial charge in [0.2, 0.25) is 5.91 Å². The average Bonchev–Trinajstić information content (AvgIpc) is 2.60. The van der Waals surface area contributed by atoms with Gasteiger partial charge >= 0.3 is 5.69 Å². The van der Waals surface area contributed by atoms with Crippen molar-refractivity contribution >= 4 is 17.8 Å². The summed E-state index contributed by atoms with van der Waals surface area (Å²) in [4.78, 5) is 22.1. The van der Waals surface area contributed by atoms with Crippen LogP contribution in [-0.2, 0) is 11.2 Å². The fraction of sp³-hybridized carbons (Fsp3) is 0.176. The van der Waals surface area contributed by atoms with Crippen molar-refractivity contribution in [3.63, 3.8) is 0 Å². The first-order chi connectivity index (χ1) is 11.6. The number of hydrazone groups is 1. The molecule has 0 atom stereocenters. The minimum atomic E-state index is -0.533. The molecule has 0 aliphatic rings. The third kappa shape index (κ3) is 4.91. The van der Waals surface area contributed by atoms with Crippen LogP contribution in [0.5, 0.6) is 5.75 Å². The van der Waals surface area contributed by atoms with Crippen LogP contribution in [0.25, 0.3) is 0 Å². The van der Waals surface area contributed by atoms with Gasteiger partial charge in [-0.3, -0.25) is 14.9 Å². The minimum Gasteiger partial charge on any atom is -0.490 e. The molecular formula is C17H17N3O4. The first-order valence-corrected chi connectivity index (χ1v) is 7.28. The molecule has 2 rings (SSSR count). The zero-order valence-corrected chi connectivity index (χ0v) is 13.1. The van der Waals surface area contributed by atoms with Crippen molar-refractivity contribution in [3.8, 4) is 5.75 Å². The Labute approximate surface area is 139 Å². The monoisotopic (exact) mass is 327 g/mol. The number of hydrogen-bond donors (Lipinski definition) is 1. The number of aryl methyl sites for hydroxylation is 1. The molecule has 7 heteroatoms. The number of nitro groups is 1. The van der Waals surface area contributed by atoms with Crippen LogP contribution in [0.2, 0.25) is 0 Å². The number of amides is 1. The zero-order chi connectivity index (χ0) is 17.4. The lowest BCUT2D eigenvalue weighted by Gasteiger charge is -2.02. The van der Waals surface area contributed by atoms with E-state index in [0.29, 0.717) is 18.4 Å². The maximum absolute atomic E-state index is 11.7. The SMILES string of the molecule is COc1ccc(/C=N\NC(=O)CCc2ccccc2)cc1[N+](=O)[O-]. The predicted molar refractivity (Wildman–Crippen MR) is 90.1 cm³/mol. The van der Waals surface area contributed by atoms with Crippen LogP contribution >= 0.6 is 0 Å². The molecule has 0 aliphatic heterocycles. The fourth-order valence-electron chi connectivity index (χ4n) is 2.07. The number of hydrogen-bond acceptors (Lipinski definition) is 5. The summed E-state index contributed by atoms with van der Waals surface area (Å²) in [6.07, 6.45) is 2.28. The first kappa shape index (κ1) is 17.1. The second-order valence-electron chi connectivity index (χ2n) is 4.97. The number of methoxy groups -OCH3 is 1. The van der Waals surface area contributed by atoms with E-state index in [4.69, 9.17) is 4.74 Å². The van der Waals surface area contributed by atoms with Crippen LogP contribution in [0, 0.1) is 10.1 Å². The molecule has 0 saturated carbocycles. The summed E-state index contributed by atoms with van der Waals surface area (Å²) in [5, 5.41) is 14.8. The summed E-state index contributed by atoms with van der Waals surface area (Å²) in [5.41, 5.74) is 3.82. The molecule has 0 heterocycles. The predicted octanol–water partition coefficient (Wildman–Crippen LogP) is 2.69. The molecule has 0 unspecified atom stereocenters. The highest BCUT2D eigenvalue weighted by Crippen LogP contribution is 2.26. The quantitative estimate of drug-likeness (QED) is 0.480. The lowest BCUT2D eigenvalue weighted by Crippen LogP contribution is -2.17. The number of carbonyl (C=O) groups excluding carboxylic acids is 1. The van der Waals surface area contributed by atoms with Gasteiger partial charge in [0.1, 0.15) is 0 Å². The number of benzene rings is 2. The third-order valence-electron chi connectivity index (χ3n) is 3.29. The summed E-state index contributed by atoms with van der Waals surface area (Å²) in [6.45, 7) is 0. The lowest BCUT2D eigenvalue weighted by atomic mass is 10.1. The smallest absolute Gasteiger partial charge is 0.311 e. The van der Waals surface area contributed by atoms with E-state index in [1.54, 1.807) is 6.07 Å². The van der Waals surface area contributed by atoms with Crippen LogP contribution < -0.4 is 10.2 Å². The Hall–Kier alpha value is -3.22. The molecule has 0 aromatic heterocycles. The van der Waals surface area contributed by atoms with Gasteiger partial charge in [-0.05, 0) is 24.1 Å². The molecule has 1 amide bonds. The van der Waals surface area contributed by atoms with Gasteiger partial charge in [-0.25, -0.2) is 5.43 Å². The van der Waals surface area contributed by atoms with Crippen molar-refractivity contribution < 1.29 is 14.5 Å². The van der Waals surface area contributed by atoms with E-state index in [1.807, 2.05) is 30.3 Å². The van der Waals surface area contributed by atoms with Gasteiger partial charge < -0.3 is 4.74 Å². The third-order valence-corrected chi connectivity index (χ3v) is 3.29.